The molecule has 0 radical (unpaired) electrons. The summed E-state index contributed by atoms with van der Waals surface area (Å²) in [7, 11) is -2.23. The van der Waals surface area contributed by atoms with E-state index in [4.69, 9.17) is 0 Å². The average Bonchev–Trinajstić information content (AvgIpc) is 2.64. The van der Waals surface area contributed by atoms with Crippen LogP contribution < -0.4 is 10.0 Å². The Labute approximate surface area is 170 Å². The van der Waals surface area contributed by atoms with Crippen molar-refractivity contribution in [3.8, 4) is 0 Å². The molecule has 28 heavy (non-hydrogen) atoms. The molecule has 1 aliphatic heterocycles. The number of hydrogen-bond donors (Lipinski definition) is 2. The number of benzene rings is 1. The van der Waals surface area contributed by atoms with Crippen LogP contribution in [0, 0.1) is 25.7 Å². The average molecular weight is 410 g/mol. The van der Waals surface area contributed by atoms with Gasteiger partial charge in [-0.25, -0.2) is 13.1 Å². The van der Waals surface area contributed by atoms with E-state index in [-0.39, 0.29) is 16.8 Å². The number of amides is 1. The highest BCUT2D eigenvalue weighted by molar-refractivity contribution is 7.89. The molecule has 6 nitrogen and oxygen atoms in total. The summed E-state index contributed by atoms with van der Waals surface area (Å²) in [6.45, 7) is 12.9. The summed E-state index contributed by atoms with van der Waals surface area (Å²) in [6, 6.07) is 3.51. The predicted molar refractivity (Wildman–Crippen MR) is 113 cm³/mol. The van der Waals surface area contributed by atoms with E-state index in [9.17, 15) is 13.2 Å². The third-order valence-electron chi connectivity index (χ3n) is 5.97. The van der Waals surface area contributed by atoms with E-state index in [2.05, 4.69) is 35.7 Å². The van der Waals surface area contributed by atoms with Crippen LogP contribution in [-0.2, 0) is 10.0 Å². The molecule has 1 aromatic carbocycles. The molecule has 0 saturated carbocycles. The predicted octanol–water partition coefficient (Wildman–Crippen LogP) is 2.70. The zero-order chi connectivity index (χ0) is 21.1. The van der Waals surface area contributed by atoms with E-state index < -0.39 is 10.0 Å². The molecule has 1 heterocycles. The standard InChI is InChI=1S/C21H35N3O3S/c1-14(2)19(24-9-7-15(3)8-10-24)13-23-21(25)18-11-16(4)17(5)20(12-18)28(26,27)22-6/h11-12,14-15,19,22H,7-10,13H2,1-6H3,(H,23,25). The third kappa shape index (κ3) is 5.33. The molecule has 0 aliphatic carbocycles. The van der Waals surface area contributed by atoms with Gasteiger partial charge in [0.25, 0.3) is 5.91 Å². The van der Waals surface area contributed by atoms with Crippen LogP contribution in [0.2, 0.25) is 0 Å². The second-order valence-corrected chi connectivity index (χ2v) is 10.2. The van der Waals surface area contributed by atoms with Crippen molar-refractivity contribution in [1.82, 2.24) is 14.9 Å². The molecule has 0 aromatic heterocycles. The first-order valence-corrected chi connectivity index (χ1v) is 11.6. The summed E-state index contributed by atoms with van der Waals surface area (Å²) in [4.78, 5) is 15.4. The first-order valence-electron chi connectivity index (χ1n) is 10.1. The van der Waals surface area contributed by atoms with Gasteiger partial charge >= 0.3 is 0 Å². The molecule has 158 valence electrons. The van der Waals surface area contributed by atoms with Gasteiger partial charge in [-0.3, -0.25) is 9.69 Å². The second kappa shape index (κ2) is 9.37. The van der Waals surface area contributed by atoms with Crippen molar-refractivity contribution in [3.63, 3.8) is 0 Å². The van der Waals surface area contributed by atoms with Crippen molar-refractivity contribution >= 4 is 15.9 Å². The largest absolute Gasteiger partial charge is 0.350 e. The molecule has 1 amide bonds. The highest BCUT2D eigenvalue weighted by Crippen LogP contribution is 2.23. The maximum atomic E-state index is 12.8. The molecule has 0 spiro atoms. The van der Waals surface area contributed by atoms with Crippen molar-refractivity contribution < 1.29 is 13.2 Å². The van der Waals surface area contributed by atoms with Gasteiger partial charge < -0.3 is 5.32 Å². The van der Waals surface area contributed by atoms with Gasteiger partial charge in [-0.05, 0) is 81.9 Å². The van der Waals surface area contributed by atoms with Crippen molar-refractivity contribution in [2.45, 2.75) is 58.4 Å². The highest BCUT2D eigenvalue weighted by atomic mass is 32.2. The van der Waals surface area contributed by atoms with Crippen LogP contribution in [0.3, 0.4) is 0 Å². The molecule has 1 aliphatic rings. The molecule has 1 aromatic rings. The van der Waals surface area contributed by atoms with E-state index >= 15 is 0 Å². The molecule has 7 heteroatoms. The van der Waals surface area contributed by atoms with Gasteiger partial charge in [0, 0.05) is 18.2 Å². The summed E-state index contributed by atoms with van der Waals surface area (Å²) in [5.41, 5.74) is 1.83. The van der Waals surface area contributed by atoms with E-state index in [1.54, 1.807) is 13.0 Å². The molecule has 2 rings (SSSR count). The molecule has 1 atom stereocenters. The number of nitrogens with one attached hydrogen (secondary N) is 2. The zero-order valence-corrected chi connectivity index (χ0v) is 18.8. The van der Waals surface area contributed by atoms with Crippen LogP contribution in [0.4, 0.5) is 0 Å². The van der Waals surface area contributed by atoms with Crippen molar-refractivity contribution in [3.05, 3.63) is 28.8 Å². The summed E-state index contributed by atoms with van der Waals surface area (Å²) in [5.74, 6) is 0.960. The van der Waals surface area contributed by atoms with Crippen LogP contribution in [0.15, 0.2) is 17.0 Å². The Balaban J connectivity index is 2.15. The lowest BCUT2D eigenvalue weighted by Gasteiger charge is -2.38. The molecule has 1 saturated heterocycles. The number of hydrogen-bond acceptors (Lipinski definition) is 4. The lowest BCUT2D eigenvalue weighted by atomic mass is 9.94. The van der Waals surface area contributed by atoms with Crippen LogP contribution in [-0.4, -0.2) is 51.9 Å². The first-order chi connectivity index (χ1) is 13.1. The van der Waals surface area contributed by atoms with Crippen molar-refractivity contribution in [2.75, 3.05) is 26.7 Å². The summed E-state index contributed by atoms with van der Waals surface area (Å²) < 4.78 is 26.9. The lowest BCUT2D eigenvalue weighted by molar-refractivity contribution is 0.0862. The fourth-order valence-electron chi connectivity index (χ4n) is 3.79. The lowest BCUT2D eigenvalue weighted by Crippen LogP contribution is -2.49. The number of carbonyl (C=O) groups excluding carboxylic acids is 1. The number of likely N-dealkylation sites (tertiary alicyclic amines) is 1. The van der Waals surface area contributed by atoms with E-state index in [0.717, 1.165) is 24.6 Å². The minimum absolute atomic E-state index is 0.158. The summed E-state index contributed by atoms with van der Waals surface area (Å²) in [6.07, 6.45) is 2.39. The Hall–Kier alpha value is -1.44. The Morgan fingerprint density at radius 3 is 2.36 bits per heavy atom. The van der Waals surface area contributed by atoms with Crippen LogP contribution in [0.5, 0.6) is 0 Å². The van der Waals surface area contributed by atoms with Crippen LogP contribution in [0.1, 0.15) is 55.1 Å². The Morgan fingerprint density at radius 1 is 1.21 bits per heavy atom. The maximum Gasteiger partial charge on any atom is 0.251 e. The van der Waals surface area contributed by atoms with Gasteiger partial charge in [-0.2, -0.15) is 0 Å². The fraction of sp³-hybridized carbons (Fsp3) is 0.667. The number of carbonyl (C=O) groups is 1. The van der Waals surface area contributed by atoms with Crippen LogP contribution >= 0.6 is 0 Å². The normalized spacial score (nSPS) is 17.7. The third-order valence-corrected chi connectivity index (χ3v) is 7.51. The fourth-order valence-corrected chi connectivity index (χ4v) is 4.86. The van der Waals surface area contributed by atoms with Gasteiger partial charge in [-0.15, -0.1) is 0 Å². The Kier molecular flexibility index (Phi) is 7.65. The zero-order valence-electron chi connectivity index (χ0n) is 18.0. The second-order valence-electron chi connectivity index (χ2n) is 8.36. The number of sulfonamides is 1. The summed E-state index contributed by atoms with van der Waals surface area (Å²) in [5, 5.41) is 3.04. The van der Waals surface area contributed by atoms with Gasteiger partial charge in [-0.1, -0.05) is 20.8 Å². The molecular weight excluding hydrogens is 374 g/mol. The van der Waals surface area contributed by atoms with E-state index in [1.807, 2.05) is 6.92 Å². The minimum atomic E-state index is -3.61. The number of rotatable bonds is 7. The van der Waals surface area contributed by atoms with Gasteiger partial charge in [0.05, 0.1) is 4.90 Å². The molecule has 1 unspecified atom stereocenters. The van der Waals surface area contributed by atoms with Crippen molar-refractivity contribution in [2.24, 2.45) is 11.8 Å². The maximum absolute atomic E-state index is 12.8. The molecular formula is C21H35N3O3S. The van der Waals surface area contributed by atoms with E-state index in [0.29, 0.717) is 23.6 Å². The quantitative estimate of drug-likeness (QED) is 0.726. The number of piperidine rings is 1. The Morgan fingerprint density at radius 2 is 1.82 bits per heavy atom. The molecule has 2 N–H and O–H groups in total. The minimum Gasteiger partial charge on any atom is -0.350 e. The smallest absolute Gasteiger partial charge is 0.251 e. The number of nitrogens with zero attached hydrogens (tertiary/aromatic N) is 1. The van der Waals surface area contributed by atoms with Crippen molar-refractivity contribution in [1.29, 1.82) is 0 Å². The Bertz CT molecular complexity index is 797. The van der Waals surface area contributed by atoms with Gasteiger partial charge in [0.2, 0.25) is 10.0 Å². The topological polar surface area (TPSA) is 78.5 Å². The first kappa shape index (κ1) is 22.8. The monoisotopic (exact) mass is 409 g/mol. The highest BCUT2D eigenvalue weighted by Gasteiger charge is 2.26. The van der Waals surface area contributed by atoms with E-state index in [1.165, 1.54) is 26.0 Å². The molecule has 1 fully saturated rings. The number of aryl methyl sites for hydroxylation is 1. The van der Waals surface area contributed by atoms with Gasteiger partial charge in [0.1, 0.15) is 0 Å². The molecule has 0 bridgehead atoms. The van der Waals surface area contributed by atoms with Gasteiger partial charge in [0.15, 0.2) is 0 Å². The van der Waals surface area contributed by atoms with Crippen LogP contribution in [0.25, 0.3) is 0 Å². The SMILES string of the molecule is CNS(=O)(=O)c1cc(C(=O)NCC(C(C)C)N2CCC(C)CC2)cc(C)c1C. The summed E-state index contributed by atoms with van der Waals surface area (Å²) >= 11 is 0.